The Balaban J connectivity index is 1.44. The molecule has 2 aliphatic rings. The summed E-state index contributed by atoms with van der Waals surface area (Å²) in [5, 5.41) is 4.17. The Bertz CT molecular complexity index is 1120. The Kier molecular flexibility index (Phi) is 8.06. The lowest BCUT2D eigenvalue weighted by Crippen LogP contribution is -2.58. The van der Waals surface area contributed by atoms with Crippen LogP contribution in [-0.4, -0.2) is 67.5 Å². The molecular weight excluding hydrogens is 488 g/mol. The number of anilines is 2. The van der Waals surface area contributed by atoms with E-state index in [0.717, 1.165) is 59.4 Å². The second-order valence-corrected chi connectivity index (χ2v) is 12.6. The highest BCUT2D eigenvalue weighted by atomic mass is 32.1. The summed E-state index contributed by atoms with van der Waals surface area (Å²) < 4.78 is 5.61. The molecule has 0 radical (unpaired) electrons. The molecule has 0 saturated carbocycles. The van der Waals surface area contributed by atoms with E-state index in [1.165, 1.54) is 0 Å². The Morgan fingerprint density at radius 2 is 1.95 bits per heavy atom. The highest BCUT2D eigenvalue weighted by molar-refractivity contribution is 7.15. The number of thiazole rings is 1. The lowest BCUT2D eigenvalue weighted by Gasteiger charge is -2.40. The number of hydrogen-bond acceptors (Lipinski definition) is 8. The van der Waals surface area contributed by atoms with E-state index in [9.17, 15) is 9.59 Å². The van der Waals surface area contributed by atoms with Crippen LogP contribution in [0.4, 0.5) is 15.7 Å². The Morgan fingerprint density at radius 3 is 2.57 bits per heavy atom. The fourth-order valence-electron chi connectivity index (χ4n) is 5.15. The van der Waals surface area contributed by atoms with Gasteiger partial charge in [0.05, 0.1) is 0 Å². The first-order valence-electron chi connectivity index (χ1n) is 13.4. The predicted octanol–water partition coefficient (Wildman–Crippen LogP) is 5.43. The second-order valence-electron chi connectivity index (χ2n) is 11.3. The summed E-state index contributed by atoms with van der Waals surface area (Å²) in [6.45, 7) is 13.4. The highest BCUT2D eigenvalue weighted by Gasteiger charge is 2.49. The van der Waals surface area contributed by atoms with E-state index in [2.05, 4.69) is 17.2 Å². The van der Waals surface area contributed by atoms with E-state index < -0.39 is 17.2 Å². The number of ether oxygens (including phenoxy) is 1. The number of nitrogens with zero attached hydrogens (tertiary/aromatic N) is 5. The van der Waals surface area contributed by atoms with Gasteiger partial charge in [-0.05, 0) is 66.7 Å². The monoisotopic (exact) mass is 528 g/mol. The van der Waals surface area contributed by atoms with Crippen molar-refractivity contribution < 1.29 is 14.3 Å². The van der Waals surface area contributed by atoms with Crippen LogP contribution in [0.15, 0.2) is 12.3 Å². The average molecular weight is 529 g/mol. The van der Waals surface area contributed by atoms with E-state index in [0.29, 0.717) is 26.1 Å². The second kappa shape index (κ2) is 10.9. The quantitative estimate of drug-likeness (QED) is 0.533. The zero-order chi connectivity index (χ0) is 26.8. The molecule has 2 aliphatic heterocycles. The van der Waals surface area contributed by atoms with Gasteiger partial charge < -0.3 is 15.0 Å². The number of aromatic nitrogens is 3. The van der Waals surface area contributed by atoms with E-state index in [1.54, 1.807) is 16.2 Å². The third kappa shape index (κ3) is 6.40. The fraction of sp³-hybridized carbons (Fsp3) is 0.667. The van der Waals surface area contributed by atoms with Crippen LogP contribution in [0.2, 0.25) is 0 Å². The maximum Gasteiger partial charge on any atom is 0.411 e. The minimum Gasteiger partial charge on any atom is -0.444 e. The fourth-order valence-corrected chi connectivity index (χ4v) is 5.82. The van der Waals surface area contributed by atoms with Crippen LogP contribution < -0.4 is 5.32 Å². The smallest absolute Gasteiger partial charge is 0.411 e. The molecule has 37 heavy (non-hydrogen) atoms. The highest BCUT2D eigenvalue weighted by Crippen LogP contribution is 2.35. The van der Waals surface area contributed by atoms with E-state index in [-0.39, 0.29) is 11.8 Å². The molecule has 1 N–H and O–H groups in total. The minimum absolute atomic E-state index is 0.0106. The molecule has 2 aromatic heterocycles. The van der Waals surface area contributed by atoms with Crippen molar-refractivity contribution in [2.24, 2.45) is 0 Å². The van der Waals surface area contributed by atoms with Gasteiger partial charge in [0.1, 0.15) is 22.8 Å². The van der Waals surface area contributed by atoms with Gasteiger partial charge in [0.15, 0.2) is 5.13 Å². The van der Waals surface area contributed by atoms with Crippen molar-refractivity contribution in [2.75, 3.05) is 25.0 Å². The summed E-state index contributed by atoms with van der Waals surface area (Å²) in [5.74, 6) is 1.79. The number of nitrogens with one attached hydrogen (secondary N) is 1. The zero-order valence-corrected chi connectivity index (χ0v) is 23.8. The average Bonchev–Trinajstić information content (AvgIpc) is 3.43. The van der Waals surface area contributed by atoms with Crippen LogP contribution >= 0.6 is 11.3 Å². The molecule has 4 heterocycles. The number of carbonyl (C=O) groups is 2. The van der Waals surface area contributed by atoms with E-state index in [4.69, 9.17) is 14.7 Å². The molecule has 0 unspecified atom stereocenters. The molecule has 2 fully saturated rings. The van der Waals surface area contributed by atoms with Gasteiger partial charge in [-0.1, -0.05) is 13.3 Å². The van der Waals surface area contributed by atoms with Gasteiger partial charge >= 0.3 is 6.09 Å². The van der Waals surface area contributed by atoms with Crippen molar-refractivity contribution in [3.63, 3.8) is 0 Å². The van der Waals surface area contributed by atoms with Gasteiger partial charge in [-0.15, -0.1) is 11.3 Å². The van der Waals surface area contributed by atoms with Crippen LogP contribution in [0.3, 0.4) is 0 Å². The Hall–Kier alpha value is -2.75. The molecule has 0 aromatic carbocycles. The van der Waals surface area contributed by atoms with Crippen molar-refractivity contribution >= 4 is 34.3 Å². The normalized spacial score (nSPS) is 20.8. The summed E-state index contributed by atoms with van der Waals surface area (Å²) in [4.78, 5) is 45.3. The van der Waals surface area contributed by atoms with Crippen LogP contribution in [0.25, 0.3) is 0 Å². The lowest BCUT2D eigenvalue weighted by atomic mass is 9.92. The van der Waals surface area contributed by atoms with Crippen molar-refractivity contribution in [2.45, 2.75) is 97.1 Å². The SMILES string of the molecule is CCCc1cc(Nc2ncc(C)s2)nc(C2CCN(C(=O)[C@]3(C)CCCN3C(=O)OC(C)(C)C)CC2)n1. The molecule has 0 aliphatic carbocycles. The van der Waals surface area contributed by atoms with Crippen molar-refractivity contribution in [1.82, 2.24) is 24.8 Å². The number of hydrogen-bond donors (Lipinski definition) is 1. The molecule has 2 amide bonds. The van der Waals surface area contributed by atoms with E-state index in [1.807, 2.05) is 51.8 Å². The van der Waals surface area contributed by atoms with Crippen molar-refractivity contribution in [3.8, 4) is 0 Å². The molecular formula is C27H40N6O3S. The number of piperidine rings is 1. The van der Waals surface area contributed by atoms with Gasteiger partial charge in [-0.25, -0.2) is 19.7 Å². The molecule has 2 saturated heterocycles. The molecule has 9 nitrogen and oxygen atoms in total. The maximum absolute atomic E-state index is 13.7. The number of aryl methyl sites for hydroxylation is 2. The first-order valence-corrected chi connectivity index (χ1v) is 14.2. The molecule has 10 heteroatoms. The summed E-state index contributed by atoms with van der Waals surface area (Å²) in [7, 11) is 0. The summed E-state index contributed by atoms with van der Waals surface area (Å²) in [6.07, 6.45) is 6.36. The predicted molar refractivity (Wildman–Crippen MR) is 145 cm³/mol. The molecule has 0 spiro atoms. The van der Waals surface area contributed by atoms with Crippen LogP contribution in [-0.2, 0) is 16.0 Å². The summed E-state index contributed by atoms with van der Waals surface area (Å²) in [6, 6.07) is 2.01. The maximum atomic E-state index is 13.7. The Morgan fingerprint density at radius 1 is 1.22 bits per heavy atom. The number of amides is 2. The molecule has 202 valence electrons. The molecule has 4 rings (SSSR count). The van der Waals surface area contributed by atoms with Crippen LogP contribution in [0.1, 0.15) is 89.0 Å². The zero-order valence-electron chi connectivity index (χ0n) is 23.0. The van der Waals surface area contributed by atoms with Crippen LogP contribution in [0.5, 0.6) is 0 Å². The minimum atomic E-state index is -0.865. The van der Waals surface area contributed by atoms with E-state index >= 15 is 0 Å². The van der Waals surface area contributed by atoms with Crippen molar-refractivity contribution in [3.05, 3.63) is 28.7 Å². The number of rotatable bonds is 6. The standard InChI is InChI=1S/C27H40N6O3S/c1-7-9-20-16-21(31-24-28-17-18(2)37-24)30-22(29-20)19-10-14-32(15-11-19)23(34)27(6)12-8-13-33(27)25(35)36-26(3,4)5/h16-17,19H,7-15H2,1-6H3,(H,28,29,30,31)/t27-/m0/s1. The summed E-state index contributed by atoms with van der Waals surface area (Å²) >= 11 is 1.60. The van der Waals surface area contributed by atoms with Gasteiger partial charge in [0.25, 0.3) is 0 Å². The summed E-state index contributed by atoms with van der Waals surface area (Å²) in [5.41, 5.74) is -0.441. The Labute approximate surface area is 224 Å². The third-order valence-electron chi connectivity index (χ3n) is 7.02. The number of likely N-dealkylation sites (tertiary alicyclic amines) is 2. The van der Waals surface area contributed by atoms with Gasteiger partial charge in [-0.2, -0.15) is 0 Å². The van der Waals surface area contributed by atoms with Gasteiger partial charge in [-0.3, -0.25) is 9.69 Å². The van der Waals surface area contributed by atoms with Crippen LogP contribution in [0, 0.1) is 6.92 Å². The molecule has 0 bridgehead atoms. The first kappa shape index (κ1) is 27.3. The largest absolute Gasteiger partial charge is 0.444 e. The van der Waals surface area contributed by atoms with Gasteiger partial charge in [0, 0.05) is 48.4 Å². The van der Waals surface area contributed by atoms with Gasteiger partial charge in [0.2, 0.25) is 5.91 Å². The van der Waals surface area contributed by atoms with Crippen molar-refractivity contribution in [1.29, 1.82) is 0 Å². The number of carbonyl (C=O) groups excluding carboxylic acids is 2. The first-order chi connectivity index (χ1) is 17.5. The lowest BCUT2D eigenvalue weighted by molar-refractivity contribution is -0.143. The topological polar surface area (TPSA) is 101 Å². The third-order valence-corrected chi connectivity index (χ3v) is 7.85. The molecule has 1 atom stereocenters. The molecule has 2 aromatic rings.